The van der Waals surface area contributed by atoms with Gasteiger partial charge in [0, 0.05) is 0 Å². The normalized spacial score (nSPS) is 19.9. The predicted octanol–water partition coefficient (Wildman–Crippen LogP) is 5.62. The van der Waals surface area contributed by atoms with E-state index in [-0.39, 0.29) is 17.8 Å². The highest BCUT2D eigenvalue weighted by Crippen LogP contribution is 2.34. The van der Waals surface area contributed by atoms with Crippen LogP contribution in [0.1, 0.15) is 72.9 Å². The Labute approximate surface area is 156 Å². The first kappa shape index (κ1) is 18.5. The van der Waals surface area contributed by atoms with Crippen LogP contribution in [0.4, 0.5) is 0 Å². The van der Waals surface area contributed by atoms with Crippen molar-refractivity contribution in [1.82, 2.24) is 0 Å². The van der Waals surface area contributed by atoms with E-state index in [0.717, 1.165) is 32.1 Å². The van der Waals surface area contributed by atoms with Crippen LogP contribution in [0.5, 0.6) is 5.75 Å². The van der Waals surface area contributed by atoms with E-state index in [1.54, 1.807) is 18.2 Å². The molecule has 0 amide bonds. The molecule has 0 bridgehead atoms. The molecule has 0 aliphatic heterocycles. The van der Waals surface area contributed by atoms with E-state index in [4.69, 9.17) is 4.74 Å². The molecule has 3 nitrogen and oxygen atoms in total. The zero-order valence-corrected chi connectivity index (χ0v) is 15.5. The van der Waals surface area contributed by atoms with Crippen LogP contribution in [0, 0.1) is 0 Å². The Balaban J connectivity index is 1.50. The summed E-state index contributed by atoms with van der Waals surface area (Å²) in [5.41, 5.74) is 3.24. The summed E-state index contributed by atoms with van der Waals surface area (Å²) in [5.74, 6) is 0.307. The number of phenolic OH excluding ortho intramolecular Hbond substituents is 1. The minimum Gasteiger partial charge on any atom is -0.508 e. The highest BCUT2D eigenvalue weighted by atomic mass is 16.5. The van der Waals surface area contributed by atoms with Crippen LogP contribution in [0.25, 0.3) is 0 Å². The van der Waals surface area contributed by atoms with Gasteiger partial charge in [-0.25, -0.2) is 4.79 Å². The van der Waals surface area contributed by atoms with E-state index in [2.05, 4.69) is 31.2 Å². The third-order valence-corrected chi connectivity index (χ3v) is 5.30. The second-order valence-electron chi connectivity index (χ2n) is 7.27. The van der Waals surface area contributed by atoms with Gasteiger partial charge in [-0.1, -0.05) is 43.7 Å². The lowest BCUT2D eigenvalue weighted by atomic mass is 9.82. The van der Waals surface area contributed by atoms with Gasteiger partial charge in [0.2, 0.25) is 0 Å². The van der Waals surface area contributed by atoms with Gasteiger partial charge in [0.15, 0.2) is 0 Å². The van der Waals surface area contributed by atoms with Crippen LogP contribution in [0.15, 0.2) is 48.5 Å². The molecule has 0 heterocycles. The van der Waals surface area contributed by atoms with E-state index >= 15 is 0 Å². The molecular weight excluding hydrogens is 324 g/mol. The second-order valence-corrected chi connectivity index (χ2v) is 7.27. The summed E-state index contributed by atoms with van der Waals surface area (Å²) >= 11 is 0. The molecule has 138 valence electrons. The molecule has 2 aromatic rings. The highest BCUT2D eigenvalue weighted by Gasteiger charge is 2.25. The fourth-order valence-corrected chi connectivity index (χ4v) is 3.70. The van der Waals surface area contributed by atoms with Crippen LogP contribution >= 0.6 is 0 Å². The molecule has 0 radical (unpaired) electrons. The summed E-state index contributed by atoms with van der Waals surface area (Å²) < 4.78 is 5.63. The van der Waals surface area contributed by atoms with Gasteiger partial charge in [-0.15, -0.1) is 0 Å². The molecule has 0 aromatic heterocycles. The van der Waals surface area contributed by atoms with Crippen molar-refractivity contribution in [3.63, 3.8) is 0 Å². The summed E-state index contributed by atoms with van der Waals surface area (Å²) in [5, 5.41) is 9.49. The lowest BCUT2D eigenvalue weighted by Gasteiger charge is -2.28. The van der Waals surface area contributed by atoms with Crippen molar-refractivity contribution >= 4 is 5.97 Å². The minimum absolute atomic E-state index is 0.0232. The van der Waals surface area contributed by atoms with Gasteiger partial charge in [0.05, 0.1) is 5.56 Å². The van der Waals surface area contributed by atoms with Crippen molar-refractivity contribution in [2.24, 2.45) is 0 Å². The molecule has 0 atom stereocenters. The van der Waals surface area contributed by atoms with Gasteiger partial charge in [-0.3, -0.25) is 0 Å². The first-order valence-corrected chi connectivity index (χ1v) is 9.74. The molecule has 0 unspecified atom stereocenters. The van der Waals surface area contributed by atoms with Crippen molar-refractivity contribution in [3.8, 4) is 5.75 Å². The van der Waals surface area contributed by atoms with E-state index in [1.165, 1.54) is 30.0 Å². The molecule has 3 rings (SSSR count). The molecule has 3 heteroatoms. The number of ether oxygens (including phenoxy) is 1. The number of carbonyl (C=O) groups is 1. The van der Waals surface area contributed by atoms with Gasteiger partial charge in [0.25, 0.3) is 0 Å². The molecule has 1 N–H and O–H groups in total. The van der Waals surface area contributed by atoms with Gasteiger partial charge < -0.3 is 9.84 Å². The Morgan fingerprint density at radius 2 is 1.81 bits per heavy atom. The Hall–Kier alpha value is -2.29. The maximum absolute atomic E-state index is 12.2. The van der Waals surface area contributed by atoms with Gasteiger partial charge >= 0.3 is 5.97 Å². The van der Waals surface area contributed by atoms with Crippen LogP contribution in [0.3, 0.4) is 0 Å². The Morgan fingerprint density at radius 3 is 2.46 bits per heavy atom. The second kappa shape index (κ2) is 8.88. The van der Waals surface area contributed by atoms with E-state index < -0.39 is 0 Å². The maximum atomic E-state index is 12.2. The SMILES string of the molecule is CCCCc1ccc(C2CCC(OC(=O)c3cccc(O)c3)CC2)cc1. The average Bonchev–Trinajstić information content (AvgIpc) is 2.67. The molecule has 2 aromatic carbocycles. The van der Waals surface area contributed by atoms with Crippen molar-refractivity contribution < 1.29 is 14.6 Å². The first-order valence-electron chi connectivity index (χ1n) is 9.74. The number of carbonyl (C=O) groups excluding carboxylic acids is 1. The Kier molecular flexibility index (Phi) is 6.32. The molecule has 1 saturated carbocycles. The fourth-order valence-electron chi connectivity index (χ4n) is 3.70. The summed E-state index contributed by atoms with van der Waals surface area (Å²) in [4.78, 5) is 12.2. The minimum atomic E-state index is -0.343. The van der Waals surface area contributed by atoms with Crippen molar-refractivity contribution in [2.75, 3.05) is 0 Å². The van der Waals surface area contributed by atoms with Gasteiger partial charge in [-0.2, -0.15) is 0 Å². The molecule has 0 spiro atoms. The number of esters is 1. The lowest BCUT2D eigenvalue weighted by molar-refractivity contribution is 0.0195. The number of hydrogen-bond donors (Lipinski definition) is 1. The number of phenols is 1. The van der Waals surface area contributed by atoms with Crippen LogP contribution in [-0.2, 0) is 11.2 Å². The molecule has 1 aliphatic carbocycles. The fraction of sp³-hybridized carbons (Fsp3) is 0.435. The number of aryl methyl sites for hydroxylation is 1. The summed E-state index contributed by atoms with van der Waals surface area (Å²) in [6.07, 6.45) is 7.50. The summed E-state index contributed by atoms with van der Waals surface area (Å²) in [7, 11) is 0. The van der Waals surface area contributed by atoms with Crippen molar-refractivity contribution in [1.29, 1.82) is 0 Å². The molecular formula is C23H28O3. The molecule has 1 aliphatic rings. The number of aromatic hydroxyl groups is 1. The third kappa shape index (κ3) is 4.87. The Morgan fingerprint density at radius 1 is 1.08 bits per heavy atom. The largest absolute Gasteiger partial charge is 0.508 e. The molecule has 26 heavy (non-hydrogen) atoms. The quantitative estimate of drug-likeness (QED) is 0.687. The van der Waals surface area contributed by atoms with Crippen LogP contribution in [0.2, 0.25) is 0 Å². The monoisotopic (exact) mass is 352 g/mol. The Bertz CT molecular complexity index is 712. The van der Waals surface area contributed by atoms with Crippen molar-refractivity contribution in [2.45, 2.75) is 63.9 Å². The number of rotatable bonds is 6. The average molecular weight is 352 g/mol. The van der Waals surface area contributed by atoms with Crippen molar-refractivity contribution in [3.05, 3.63) is 65.2 Å². The maximum Gasteiger partial charge on any atom is 0.338 e. The first-order chi connectivity index (χ1) is 12.7. The van der Waals surface area contributed by atoms with Gasteiger partial charge in [0.1, 0.15) is 11.9 Å². The van der Waals surface area contributed by atoms with E-state index in [0.29, 0.717) is 11.5 Å². The lowest BCUT2D eigenvalue weighted by Crippen LogP contribution is -2.24. The van der Waals surface area contributed by atoms with E-state index in [1.807, 2.05) is 0 Å². The zero-order valence-electron chi connectivity index (χ0n) is 15.5. The standard InChI is InChI=1S/C23H28O3/c1-2-3-5-17-8-10-18(11-9-17)19-12-14-22(15-13-19)26-23(25)20-6-4-7-21(24)16-20/h4,6-11,16,19,22,24H,2-3,5,12-15H2,1H3. The molecule has 1 fully saturated rings. The van der Waals surface area contributed by atoms with Gasteiger partial charge in [-0.05, 0) is 73.8 Å². The van der Waals surface area contributed by atoms with Crippen LogP contribution < -0.4 is 0 Å². The smallest absolute Gasteiger partial charge is 0.338 e. The summed E-state index contributed by atoms with van der Waals surface area (Å²) in [6.45, 7) is 2.22. The number of unbranched alkanes of at least 4 members (excludes halogenated alkanes) is 1. The van der Waals surface area contributed by atoms with E-state index in [9.17, 15) is 9.90 Å². The predicted molar refractivity (Wildman–Crippen MR) is 104 cm³/mol. The third-order valence-electron chi connectivity index (χ3n) is 5.30. The number of hydrogen-bond acceptors (Lipinski definition) is 3. The molecule has 0 saturated heterocycles. The van der Waals surface area contributed by atoms with Crippen LogP contribution in [-0.4, -0.2) is 17.2 Å². The zero-order chi connectivity index (χ0) is 18.4. The highest BCUT2D eigenvalue weighted by molar-refractivity contribution is 5.89. The summed E-state index contributed by atoms with van der Waals surface area (Å²) in [6, 6.07) is 15.4. The number of benzene rings is 2. The topological polar surface area (TPSA) is 46.5 Å².